The highest BCUT2D eigenvalue weighted by Crippen LogP contribution is 2.08. The molecule has 1 rings (SSSR count). The van der Waals surface area contributed by atoms with Gasteiger partial charge in [-0.25, -0.2) is 13.1 Å². The molecule has 0 saturated carbocycles. The van der Waals surface area contributed by atoms with Crippen LogP contribution in [0.25, 0.3) is 0 Å². The number of rotatable bonds is 6. The highest BCUT2D eigenvalue weighted by molar-refractivity contribution is 7.88. The van der Waals surface area contributed by atoms with Crippen LogP contribution in [0, 0.1) is 5.21 Å². The van der Waals surface area contributed by atoms with Gasteiger partial charge in [-0.2, -0.15) is 0 Å². The Morgan fingerprint density at radius 3 is 2.81 bits per heavy atom. The molecular formula is C10H16N2O3S. The molecule has 0 saturated heterocycles. The first kappa shape index (κ1) is 13.1. The van der Waals surface area contributed by atoms with Crippen molar-refractivity contribution in [3.63, 3.8) is 0 Å². The maximum Gasteiger partial charge on any atom is 0.215 e. The van der Waals surface area contributed by atoms with E-state index in [4.69, 9.17) is 0 Å². The first-order valence-corrected chi connectivity index (χ1v) is 6.74. The van der Waals surface area contributed by atoms with Gasteiger partial charge in [-0.15, -0.1) is 0 Å². The molecular weight excluding hydrogens is 228 g/mol. The van der Waals surface area contributed by atoms with Gasteiger partial charge >= 0.3 is 0 Å². The maximum atomic E-state index is 11.6. The van der Waals surface area contributed by atoms with Gasteiger partial charge in [0.25, 0.3) is 0 Å². The van der Waals surface area contributed by atoms with Crippen molar-refractivity contribution < 1.29 is 13.9 Å². The minimum Gasteiger partial charge on any atom is -0.630 e. The van der Waals surface area contributed by atoms with Crippen LogP contribution in [0.2, 0.25) is 0 Å². The fourth-order valence-corrected chi connectivity index (χ4v) is 2.52. The zero-order chi connectivity index (χ0) is 12.0. The second kappa shape index (κ2) is 5.95. The minimum atomic E-state index is -3.29. The summed E-state index contributed by atoms with van der Waals surface area (Å²) in [5.41, 5.74) is 1.81. The quantitative estimate of drug-likeness (QED) is 0.554. The molecule has 5 nitrogen and oxygen atoms in total. The molecule has 0 fully saturated rings. The van der Waals surface area contributed by atoms with Gasteiger partial charge in [-0.05, 0) is 18.1 Å². The van der Waals surface area contributed by atoms with E-state index in [1.165, 1.54) is 0 Å². The summed E-state index contributed by atoms with van der Waals surface area (Å²) >= 11 is 0. The molecule has 3 N–H and O–H groups in total. The van der Waals surface area contributed by atoms with Crippen LogP contribution in [0.5, 0.6) is 0 Å². The van der Waals surface area contributed by atoms with Gasteiger partial charge in [0.2, 0.25) is 10.0 Å². The van der Waals surface area contributed by atoms with Crippen molar-refractivity contribution in [1.82, 2.24) is 4.72 Å². The summed E-state index contributed by atoms with van der Waals surface area (Å²) in [4.78, 5) is 0. The Balaban J connectivity index is 2.72. The van der Waals surface area contributed by atoms with Crippen LogP contribution in [-0.2, 0) is 15.8 Å². The normalized spacial score (nSPS) is 11.6. The lowest BCUT2D eigenvalue weighted by molar-refractivity contribution is -0.497. The molecule has 0 aliphatic heterocycles. The monoisotopic (exact) mass is 244 g/mol. The molecule has 90 valence electrons. The van der Waals surface area contributed by atoms with Crippen LogP contribution in [0.3, 0.4) is 0 Å². The van der Waals surface area contributed by atoms with Gasteiger partial charge in [-0.3, -0.25) is 0 Å². The van der Waals surface area contributed by atoms with Crippen LogP contribution in [0.15, 0.2) is 24.3 Å². The van der Waals surface area contributed by atoms with Crippen molar-refractivity contribution in [2.24, 2.45) is 0 Å². The van der Waals surface area contributed by atoms with E-state index in [1.807, 2.05) is 6.92 Å². The topological polar surface area (TPSA) is 85.8 Å². The molecule has 1 aromatic carbocycles. The smallest absolute Gasteiger partial charge is 0.215 e. The van der Waals surface area contributed by atoms with Gasteiger partial charge in [0.05, 0.1) is 5.75 Å². The fraction of sp³-hybridized carbons (Fsp3) is 0.400. The molecule has 0 aromatic heterocycles. The Kier molecular flexibility index (Phi) is 4.88. The lowest BCUT2D eigenvalue weighted by Gasteiger charge is -2.07. The van der Waals surface area contributed by atoms with Gasteiger partial charge in [0.1, 0.15) is 5.69 Å². The summed E-state index contributed by atoms with van der Waals surface area (Å²) in [6, 6.07) is 6.59. The summed E-state index contributed by atoms with van der Waals surface area (Å²) in [6.07, 6.45) is 0.758. The van der Waals surface area contributed by atoms with Crippen LogP contribution < -0.4 is 10.2 Å². The molecule has 0 amide bonds. The van der Waals surface area contributed by atoms with E-state index < -0.39 is 10.0 Å². The third-order valence-corrected chi connectivity index (χ3v) is 3.37. The molecule has 1 aromatic rings. The van der Waals surface area contributed by atoms with Gasteiger partial charge in [0.15, 0.2) is 0 Å². The van der Waals surface area contributed by atoms with Crippen LogP contribution >= 0.6 is 0 Å². The average Bonchev–Trinajstić information content (AvgIpc) is 2.26. The fourth-order valence-electron chi connectivity index (χ4n) is 1.28. The molecule has 0 spiro atoms. The molecule has 0 aliphatic rings. The standard InChI is InChI=1S/C10H16N2O3S/c1-2-6-11-16(14,15)8-9-4-3-5-10(7-9)12-13/h3-5,7,11H,2,6,8,12H2,1H3. The summed E-state index contributed by atoms with van der Waals surface area (Å²) in [7, 11) is -3.29. The number of hydrogen-bond donors (Lipinski definition) is 2. The second-order valence-corrected chi connectivity index (χ2v) is 5.32. The number of sulfonamides is 1. The number of nitrogens with one attached hydrogen (secondary N) is 1. The first-order chi connectivity index (χ1) is 7.57. The molecule has 16 heavy (non-hydrogen) atoms. The van der Waals surface area contributed by atoms with E-state index in [2.05, 4.69) is 4.72 Å². The predicted octanol–water partition coefficient (Wildman–Crippen LogP) is 0.209. The largest absolute Gasteiger partial charge is 0.630 e. The zero-order valence-electron chi connectivity index (χ0n) is 9.14. The highest BCUT2D eigenvalue weighted by atomic mass is 32.2. The van der Waals surface area contributed by atoms with Crippen molar-refractivity contribution in [1.29, 1.82) is 0 Å². The van der Waals surface area contributed by atoms with Crippen LogP contribution in [-0.4, -0.2) is 15.0 Å². The summed E-state index contributed by atoms with van der Waals surface area (Å²) < 4.78 is 25.6. The summed E-state index contributed by atoms with van der Waals surface area (Å²) in [5, 5.41) is 10.5. The molecule has 0 bridgehead atoms. The molecule has 6 heteroatoms. The van der Waals surface area contributed by atoms with E-state index in [0.717, 1.165) is 6.42 Å². The third-order valence-electron chi connectivity index (χ3n) is 2.02. The predicted molar refractivity (Wildman–Crippen MR) is 62.3 cm³/mol. The lowest BCUT2D eigenvalue weighted by Crippen LogP contribution is -2.70. The van der Waals surface area contributed by atoms with E-state index in [-0.39, 0.29) is 5.75 Å². The van der Waals surface area contributed by atoms with E-state index in [0.29, 0.717) is 23.3 Å². The maximum absolute atomic E-state index is 11.6. The third kappa shape index (κ3) is 4.28. The first-order valence-electron chi connectivity index (χ1n) is 5.09. The van der Waals surface area contributed by atoms with Crippen molar-refractivity contribution in [3.05, 3.63) is 35.0 Å². The van der Waals surface area contributed by atoms with Crippen LogP contribution in [0.4, 0.5) is 5.69 Å². The minimum absolute atomic E-state index is 0.0886. The van der Waals surface area contributed by atoms with Gasteiger partial charge in [0, 0.05) is 12.6 Å². The summed E-state index contributed by atoms with van der Waals surface area (Å²) in [6.45, 7) is 2.34. The van der Waals surface area contributed by atoms with Crippen molar-refractivity contribution >= 4 is 15.7 Å². The number of quaternary nitrogens is 1. The van der Waals surface area contributed by atoms with E-state index >= 15 is 0 Å². The highest BCUT2D eigenvalue weighted by Gasteiger charge is 2.10. The Bertz CT molecular complexity index is 431. The lowest BCUT2D eigenvalue weighted by atomic mass is 10.2. The molecule has 0 radical (unpaired) electrons. The Labute approximate surface area is 95.5 Å². The average molecular weight is 244 g/mol. The summed E-state index contributed by atoms with van der Waals surface area (Å²) in [5.74, 6) is -0.0886. The molecule has 0 heterocycles. The van der Waals surface area contributed by atoms with Gasteiger partial charge in [-0.1, -0.05) is 19.1 Å². The Hall–Kier alpha value is -0.950. The molecule has 0 aliphatic carbocycles. The number of benzene rings is 1. The van der Waals surface area contributed by atoms with Gasteiger partial charge < -0.3 is 10.7 Å². The second-order valence-electron chi connectivity index (χ2n) is 3.52. The number of hydrogen-bond acceptors (Lipinski definition) is 3. The van der Waals surface area contributed by atoms with Crippen LogP contribution in [0.1, 0.15) is 18.9 Å². The van der Waals surface area contributed by atoms with E-state index in [1.54, 1.807) is 24.3 Å². The Morgan fingerprint density at radius 1 is 1.44 bits per heavy atom. The van der Waals surface area contributed by atoms with Crippen molar-refractivity contribution in [2.75, 3.05) is 6.54 Å². The Morgan fingerprint density at radius 2 is 2.19 bits per heavy atom. The van der Waals surface area contributed by atoms with Crippen molar-refractivity contribution in [2.45, 2.75) is 19.1 Å². The van der Waals surface area contributed by atoms with E-state index in [9.17, 15) is 13.6 Å². The zero-order valence-corrected chi connectivity index (χ0v) is 9.96. The molecule has 0 atom stereocenters. The molecule has 0 unspecified atom stereocenters. The number of nitrogens with two attached hydrogens (primary N) is 1. The van der Waals surface area contributed by atoms with Crippen molar-refractivity contribution in [3.8, 4) is 0 Å². The SMILES string of the molecule is CCCNS(=O)(=O)Cc1cccc([NH2+][O-])c1.